The summed E-state index contributed by atoms with van der Waals surface area (Å²) in [6.07, 6.45) is -4.76. The van der Waals surface area contributed by atoms with E-state index in [4.69, 9.17) is 16.3 Å². The number of alkyl halides is 4. The van der Waals surface area contributed by atoms with Gasteiger partial charge in [0.05, 0.1) is 16.6 Å². The molecule has 0 N–H and O–H groups in total. The molecule has 0 radical (unpaired) electrons. The van der Waals surface area contributed by atoms with E-state index < -0.39 is 12.1 Å². The minimum Gasteiger partial charge on any atom is -0.480 e. The van der Waals surface area contributed by atoms with E-state index in [1.165, 1.54) is 13.2 Å². The average Bonchev–Trinajstić information content (AvgIpc) is 2.16. The van der Waals surface area contributed by atoms with E-state index in [9.17, 15) is 13.2 Å². The monoisotopic (exact) mass is 367 g/mol. The van der Waals surface area contributed by atoms with Gasteiger partial charge in [0.1, 0.15) is 5.69 Å². The molecule has 0 amide bonds. The number of ether oxygens (including phenoxy) is 2. The van der Waals surface area contributed by atoms with E-state index in [0.717, 1.165) is 0 Å². The third-order valence-electron chi connectivity index (χ3n) is 1.53. The number of pyridine rings is 1. The fourth-order valence-corrected chi connectivity index (χ4v) is 1.76. The van der Waals surface area contributed by atoms with Crippen LogP contribution in [0.5, 0.6) is 11.6 Å². The summed E-state index contributed by atoms with van der Waals surface area (Å²) in [5, 5.41) is 0. The number of rotatable bonds is 3. The fourth-order valence-electron chi connectivity index (χ4n) is 0.943. The van der Waals surface area contributed by atoms with Crippen LogP contribution in [0, 0.1) is 3.57 Å². The Bertz CT molecular complexity index is 386. The maximum Gasteiger partial charge on any atom is 0.573 e. The molecule has 0 aromatic carbocycles. The van der Waals surface area contributed by atoms with Gasteiger partial charge in [0.2, 0.25) is 5.88 Å². The Morgan fingerprint density at radius 1 is 1.50 bits per heavy atom. The van der Waals surface area contributed by atoms with Gasteiger partial charge in [-0.1, -0.05) is 0 Å². The molecule has 0 bridgehead atoms. The zero-order valence-electron chi connectivity index (χ0n) is 7.94. The molecule has 0 saturated heterocycles. The topological polar surface area (TPSA) is 31.4 Å². The molecule has 1 heterocycles. The van der Waals surface area contributed by atoms with Gasteiger partial charge in [-0.3, -0.25) is 0 Å². The van der Waals surface area contributed by atoms with Crippen LogP contribution in [0.15, 0.2) is 6.07 Å². The van der Waals surface area contributed by atoms with Crippen molar-refractivity contribution in [2.75, 3.05) is 7.11 Å². The van der Waals surface area contributed by atoms with Crippen molar-refractivity contribution < 1.29 is 22.6 Å². The number of aromatic nitrogens is 1. The van der Waals surface area contributed by atoms with Crippen LogP contribution in [-0.4, -0.2) is 18.5 Å². The molecule has 0 aliphatic carbocycles. The Hall–Kier alpha value is -0.440. The standard InChI is InChI=1S/C8H6ClF3INO2/c1-15-7-4(13)2-6(5(3-9)14-7)16-8(10,11)12/h2H,3H2,1H3. The van der Waals surface area contributed by atoms with Gasteiger partial charge in [0, 0.05) is 6.07 Å². The van der Waals surface area contributed by atoms with Gasteiger partial charge in [-0.15, -0.1) is 24.8 Å². The summed E-state index contributed by atoms with van der Waals surface area (Å²) in [5.41, 5.74) is -0.0174. The predicted molar refractivity (Wildman–Crippen MR) is 59.7 cm³/mol. The third-order valence-corrected chi connectivity index (χ3v) is 2.55. The lowest BCUT2D eigenvalue weighted by Gasteiger charge is -2.13. The zero-order valence-corrected chi connectivity index (χ0v) is 10.9. The highest BCUT2D eigenvalue weighted by Crippen LogP contribution is 2.31. The first-order chi connectivity index (χ1) is 7.37. The summed E-state index contributed by atoms with van der Waals surface area (Å²) in [6, 6.07) is 1.18. The maximum absolute atomic E-state index is 12.0. The van der Waals surface area contributed by atoms with Crippen molar-refractivity contribution in [2.45, 2.75) is 12.2 Å². The molecule has 8 heteroatoms. The SMILES string of the molecule is COc1nc(CCl)c(OC(F)(F)F)cc1I. The van der Waals surface area contributed by atoms with Crippen molar-refractivity contribution >= 4 is 34.2 Å². The lowest BCUT2D eigenvalue weighted by molar-refractivity contribution is -0.275. The Morgan fingerprint density at radius 3 is 2.56 bits per heavy atom. The number of hydrogen-bond donors (Lipinski definition) is 0. The van der Waals surface area contributed by atoms with Gasteiger partial charge < -0.3 is 9.47 Å². The minimum absolute atomic E-state index is 0.0174. The second kappa shape index (κ2) is 5.26. The van der Waals surface area contributed by atoms with Gasteiger partial charge in [-0.2, -0.15) is 0 Å². The highest BCUT2D eigenvalue weighted by atomic mass is 127. The zero-order chi connectivity index (χ0) is 12.3. The Labute approximate surface area is 108 Å². The molecule has 0 atom stereocenters. The van der Waals surface area contributed by atoms with Crippen LogP contribution < -0.4 is 9.47 Å². The Kier molecular flexibility index (Phi) is 4.48. The quantitative estimate of drug-likeness (QED) is 0.607. The second-order valence-corrected chi connectivity index (χ2v) is 4.04. The van der Waals surface area contributed by atoms with Crippen molar-refractivity contribution in [3.63, 3.8) is 0 Å². The molecule has 0 fully saturated rings. The van der Waals surface area contributed by atoms with Crippen LogP contribution in [0.25, 0.3) is 0 Å². The molecule has 0 spiro atoms. The smallest absolute Gasteiger partial charge is 0.480 e. The highest BCUT2D eigenvalue weighted by Gasteiger charge is 2.32. The molecule has 90 valence electrons. The van der Waals surface area contributed by atoms with E-state index in [1.807, 2.05) is 0 Å². The van der Waals surface area contributed by atoms with Crippen LogP contribution in [0.2, 0.25) is 0 Å². The van der Waals surface area contributed by atoms with Gasteiger partial charge in [-0.25, -0.2) is 4.98 Å². The van der Waals surface area contributed by atoms with Crippen LogP contribution in [-0.2, 0) is 5.88 Å². The molecule has 0 saturated carbocycles. The van der Waals surface area contributed by atoms with Crippen LogP contribution >= 0.6 is 34.2 Å². The third kappa shape index (κ3) is 3.55. The Balaban J connectivity index is 3.13. The first-order valence-corrected chi connectivity index (χ1v) is 5.54. The van der Waals surface area contributed by atoms with Crippen molar-refractivity contribution in [2.24, 2.45) is 0 Å². The van der Waals surface area contributed by atoms with E-state index >= 15 is 0 Å². The van der Waals surface area contributed by atoms with Gasteiger partial charge in [-0.05, 0) is 22.6 Å². The number of hydrogen-bond acceptors (Lipinski definition) is 3. The van der Waals surface area contributed by atoms with Gasteiger partial charge in [0.25, 0.3) is 0 Å². The summed E-state index contributed by atoms with van der Waals surface area (Å²) in [4.78, 5) is 3.81. The second-order valence-electron chi connectivity index (χ2n) is 2.61. The summed E-state index contributed by atoms with van der Waals surface area (Å²) in [6.45, 7) is 0. The summed E-state index contributed by atoms with van der Waals surface area (Å²) in [7, 11) is 1.37. The molecule has 0 aliphatic rings. The molecule has 1 aromatic rings. The van der Waals surface area contributed by atoms with Crippen LogP contribution in [0.3, 0.4) is 0 Å². The van der Waals surface area contributed by atoms with Gasteiger partial charge >= 0.3 is 6.36 Å². The number of nitrogens with zero attached hydrogens (tertiary/aromatic N) is 1. The Morgan fingerprint density at radius 2 is 2.12 bits per heavy atom. The largest absolute Gasteiger partial charge is 0.573 e. The maximum atomic E-state index is 12.0. The van der Waals surface area contributed by atoms with Crippen molar-refractivity contribution in [1.29, 1.82) is 0 Å². The molecule has 16 heavy (non-hydrogen) atoms. The minimum atomic E-state index is -4.76. The lowest BCUT2D eigenvalue weighted by atomic mass is 10.3. The number of methoxy groups -OCH3 is 1. The molecule has 0 unspecified atom stereocenters. The summed E-state index contributed by atoms with van der Waals surface area (Å²) >= 11 is 7.27. The van der Waals surface area contributed by atoms with Crippen LogP contribution in [0.4, 0.5) is 13.2 Å². The van der Waals surface area contributed by atoms with E-state index in [0.29, 0.717) is 3.57 Å². The first kappa shape index (κ1) is 13.6. The summed E-state index contributed by atoms with van der Waals surface area (Å²) < 4.78 is 45.2. The van der Waals surface area contributed by atoms with Crippen molar-refractivity contribution in [1.82, 2.24) is 4.98 Å². The molecule has 3 nitrogen and oxygen atoms in total. The van der Waals surface area contributed by atoms with Crippen molar-refractivity contribution in [3.05, 3.63) is 15.3 Å². The molecule has 0 aliphatic heterocycles. The highest BCUT2D eigenvalue weighted by molar-refractivity contribution is 14.1. The lowest BCUT2D eigenvalue weighted by Crippen LogP contribution is -2.18. The molecular formula is C8H6ClF3INO2. The molecular weight excluding hydrogens is 361 g/mol. The molecule has 1 aromatic heterocycles. The van der Waals surface area contributed by atoms with Gasteiger partial charge in [0.15, 0.2) is 5.75 Å². The first-order valence-electron chi connectivity index (χ1n) is 3.92. The number of halogens is 5. The van der Waals surface area contributed by atoms with E-state index in [2.05, 4.69) is 9.72 Å². The predicted octanol–water partition coefficient (Wildman–Crippen LogP) is 3.33. The molecule has 1 rings (SSSR count). The van der Waals surface area contributed by atoms with Crippen molar-refractivity contribution in [3.8, 4) is 11.6 Å². The van der Waals surface area contributed by atoms with E-state index in [-0.39, 0.29) is 17.5 Å². The summed E-state index contributed by atoms with van der Waals surface area (Å²) in [5.74, 6) is -0.392. The van der Waals surface area contributed by atoms with Crippen LogP contribution in [0.1, 0.15) is 5.69 Å². The average molecular weight is 367 g/mol. The fraction of sp³-hybridized carbons (Fsp3) is 0.375. The van der Waals surface area contributed by atoms with E-state index in [1.54, 1.807) is 22.6 Å². The normalized spacial score (nSPS) is 11.4.